The van der Waals surface area contributed by atoms with Gasteiger partial charge in [-0.05, 0) is 38.8 Å². The van der Waals surface area contributed by atoms with Crippen LogP contribution in [0.3, 0.4) is 0 Å². The minimum absolute atomic E-state index is 0.0464. The molecule has 2 nitrogen and oxygen atoms in total. The molecule has 0 aliphatic heterocycles. The topological polar surface area (TPSA) is 35.8 Å². The molecular weight excluding hydrogens is 184 g/mol. The maximum Gasteiger partial charge on any atom is 0.0671 e. The first-order valence-corrected chi connectivity index (χ1v) is 5.26. The van der Waals surface area contributed by atoms with E-state index in [2.05, 4.69) is 44.3 Å². The number of nitrogens with one attached hydrogen (secondary N) is 1. The number of anilines is 1. The van der Waals surface area contributed by atoms with Crippen molar-refractivity contribution in [3.8, 4) is 6.07 Å². The fourth-order valence-corrected chi connectivity index (χ4v) is 1.76. The Kier molecular flexibility index (Phi) is 3.74. The fraction of sp³-hybridized carbons (Fsp3) is 0.462. The Bertz CT molecular complexity index is 365. The Labute approximate surface area is 91.9 Å². The van der Waals surface area contributed by atoms with Crippen LogP contribution in [-0.4, -0.2) is 6.54 Å². The monoisotopic (exact) mass is 202 g/mol. The van der Waals surface area contributed by atoms with Gasteiger partial charge >= 0.3 is 0 Å². The highest BCUT2D eigenvalue weighted by Gasteiger charge is 2.05. The summed E-state index contributed by atoms with van der Waals surface area (Å²) in [6.07, 6.45) is 0. The Hall–Kier alpha value is -1.49. The molecule has 0 aliphatic rings. The van der Waals surface area contributed by atoms with Crippen molar-refractivity contribution in [1.29, 1.82) is 5.26 Å². The quantitative estimate of drug-likeness (QED) is 0.817. The molecule has 0 radical (unpaired) electrons. The van der Waals surface area contributed by atoms with Gasteiger partial charge in [0.05, 0.1) is 12.0 Å². The van der Waals surface area contributed by atoms with E-state index in [4.69, 9.17) is 5.26 Å². The van der Waals surface area contributed by atoms with E-state index in [9.17, 15) is 0 Å². The summed E-state index contributed by atoms with van der Waals surface area (Å²) in [5.74, 6) is 0.0464. The van der Waals surface area contributed by atoms with E-state index >= 15 is 0 Å². The summed E-state index contributed by atoms with van der Waals surface area (Å²) in [5.41, 5.74) is 4.95. The van der Waals surface area contributed by atoms with Gasteiger partial charge < -0.3 is 5.32 Å². The Morgan fingerprint density at radius 2 is 1.80 bits per heavy atom. The van der Waals surface area contributed by atoms with E-state index in [0.717, 1.165) is 0 Å². The van der Waals surface area contributed by atoms with Crippen molar-refractivity contribution in [2.75, 3.05) is 11.9 Å². The number of hydrogen-bond donors (Lipinski definition) is 1. The molecule has 15 heavy (non-hydrogen) atoms. The summed E-state index contributed by atoms with van der Waals surface area (Å²) in [5, 5.41) is 12.0. The zero-order chi connectivity index (χ0) is 11.4. The first kappa shape index (κ1) is 11.6. The number of nitriles is 1. The average molecular weight is 202 g/mol. The van der Waals surface area contributed by atoms with Crippen LogP contribution in [0.1, 0.15) is 23.6 Å². The van der Waals surface area contributed by atoms with E-state index in [1.165, 1.54) is 22.4 Å². The third kappa shape index (κ3) is 2.99. The van der Waals surface area contributed by atoms with Gasteiger partial charge in [-0.3, -0.25) is 0 Å². The van der Waals surface area contributed by atoms with Gasteiger partial charge in [-0.25, -0.2) is 0 Å². The van der Waals surface area contributed by atoms with Crippen LogP contribution in [-0.2, 0) is 0 Å². The van der Waals surface area contributed by atoms with Crippen LogP contribution >= 0.6 is 0 Å². The van der Waals surface area contributed by atoms with Crippen molar-refractivity contribution < 1.29 is 0 Å². The predicted molar refractivity (Wildman–Crippen MR) is 63.9 cm³/mol. The van der Waals surface area contributed by atoms with Crippen LogP contribution in [0.15, 0.2) is 12.1 Å². The van der Waals surface area contributed by atoms with Crippen LogP contribution in [0.4, 0.5) is 5.69 Å². The summed E-state index contributed by atoms with van der Waals surface area (Å²) >= 11 is 0. The van der Waals surface area contributed by atoms with E-state index in [0.29, 0.717) is 6.54 Å². The standard InChI is InChI=1S/C13H18N2/c1-9-5-11(3)13(12(4)6-9)15-8-10(2)7-14/h5-6,10,15H,8H2,1-4H3. The molecule has 1 aromatic rings. The molecule has 1 N–H and O–H groups in total. The van der Waals surface area contributed by atoms with Crippen LogP contribution < -0.4 is 5.32 Å². The minimum atomic E-state index is 0.0464. The van der Waals surface area contributed by atoms with Gasteiger partial charge in [-0.1, -0.05) is 17.7 Å². The Balaban J connectivity index is 2.82. The highest BCUT2D eigenvalue weighted by molar-refractivity contribution is 5.58. The zero-order valence-electron chi connectivity index (χ0n) is 9.89. The molecule has 0 amide bonds. The van der Waals surface area contributed by atoms with E-state index in [1.807, 2.05) is 6.92 Å². The molecule has 1 unspecified atom stereocenters. The Morgan fingerprint density at radius 1 is 1.27 bits per heavy atom. The van der Waals surface area contributed by atoms with E-state index in [-0.39, 0.29) is 5.92 Å². The highest BCUT2D eigenvalue weighted by atomic mass is 14.9. The van der Waals surface area contributed by atoms with Gasteiger partial charge in [0.2, 0.25) is 0 Å². The van der Waals surface area contributed by atoms with Crippen LogP contribution in [0.2, 0.25) is 0 Å². The van der Waals surface area contributed by atoms with Crippen molar-refractivity contribution in [2.45, 2.75) is 27.7 Å². The molecular formula is C13H18N2. The molecule has 1 aromatic carbocycles. The molecule has 0 fully saturated rings. The molecule has 0 bridgehead atoms. The van der Waals surface area contributed by atoms with Gasteiger partial charge in [0, 0.05) is 12.2 Å². The van der Waals surface area contributed by atoms with E-state index in [1.54, 1.807) is 0 Å². The SMILES string of the molecule is Cc1cc(C)c(NCC(C)C#N)c(C)c1. The van der Waals surface area contributed by atoms with Gasteiger partial charge in [0.15, 0.2) is 0 Å². The van der Waals surface area contributed by atoms with Crippen molar-refractivity contribution in [3.05, 3.63) is 28.8 Å². The summed E-state index contributed by atoms with van der Waals surface area (Å²) in [4.78, 5) is 0. The molecule has 0 spiro atoms. The van der Waals surface area contributed by atoms with Gasteiger partial charge in [0.25, 0.3) is 0 Å². The molecule has 0 saturated carbocycles. The van der Waals surface area contributed by atoms with Crippen molar-refractivity contribution in [2.24, 2.45) is 5.92 Å². The lowest BCUT2D eigenvalue weighted by Gasteiger charge is -2.14. The lowest BCUT2D eigenvalue weighted by atomic mass is 10.0. The second kappa shape index (κ2) is 4.84. The zero-order valence-corrected chi connectivity index (χ0v) is 9.89. The maximum absolute atomic E-state index is 8.71. The maximum atomic E-state index is 8.71. The minimum Gasteiger partial charge on any atom is -0.383 e. The normalized spacial score (nSPS) is 11.9. The number of benzene rings is 1. The van der Waals surface area contributed by atoms with Gasteiger partial charge in [-0.2, -0.15) is 5.26 Å². The number of rotatable bonds is 3. The lowest BCUT2D eigenvalue weighted by Crippen LogP contribution is -2.11. The highest BCUT2D eigenvalue weighted by Crippen LogP contribution is 2.21. The van der Waals surface area contributed by atoms with Gasteiger partial charge in [-0.15, -0.1) is 0 Å². The number of nitrogens with zero attached hydrogens (tertiary/aromatic N) is 1. The lowest BCUT2D eigenvalue weighted by molar-refractivity contribution is 0.785. The third-order valence-corrected chi connectivity index (χ3v) is 2.48. The summed E-state index contributed by atoms with van der Waals surface area (Å²) in [6.45, 7) is 8.92. The van der Waals surface area contributed by atoms with Crippen LogP contribution in [0, 0.1) is 38.0 Å². The summed E-state index contributed by atoms with van der Waals surface area (Å²) in [6, 6.07) is 6.54. The molecule has 1 atom stereocenters. The molecule has 1 rings (SSSR count). The average Bonchev–Trinajstić information content (AvgIpc) is 2.15. The summed E-state index contributed by atoms with van der Waals surface area (Å²) < 4.78 is 0. The van der Waals surface area contributed by atoms with Crippen LogP contribution in [0.5, 0.6) is 0 Å². The molecule has 80 valence electrons. The Morgan fingerprint density at radius 3 is 2.27 bits per heavy atom. The molecule has 0 aliphatic carbocycles. The predicted octanol–water partition coefficient (Wildman–Crippen LogP) is 3.18. The number of aryl methyl sites for hydroxylation is 3. The van der Waals surface area contributed by atoms with Crippen LogP contribution in [0.25, 0.3) is 0 Å². The number of hydrogen-bond acceptors (Lipinski definition) is 2. The smallest absolute Gasteiger partial charge is 0.0671 e. The molecule has 2 heteroatoms. The van der Waals surface area contributed by atoms with Crippen molar-refractivity contribution in [3.63, 3.8) is 0 Å². The van der Waals surface area contributed by atoms with Crippen molar-refractivity contribution in [1.82, 2.24) is 0 Å². The van der Waals surface area contributed by atoms with Crippen molar-refractivity contribution >= 4 is 5.69 Å². The third-order valence-electron chi connectivity index (χ3n) is 2.48. The first-order chi connectivity index (χ1) is 7.04. The second-order valence-electron chi connectivity index (χ2n) is 4.18. The first-order valence-electron chi connectivity index (χ1n) is 5.26. The molecule has 0 saturated heterocycles. The fourth-order valence-electron chi connectivity index (χ4n) is 1.76. The molecule has 0 heterocycles. The largest absolute Gasteiger partial charge is 0.383 e. The molecule has 0 aromatic heterocycles. The van der Waals surface area contributed by atoms with Gasteiger partial charge in [0.1, 0.15) is 0 Å². The summed E-state index contributed by atoms with van der Waals surface area (Å²) in [7, 11) is 0. The second-order valence-corrected chi connectivity index (χ2v) is 4.18. The van der Waals surface area contributed by atoms with E-state index < -0.39 is 0 Å².